The van der Waals surface area contributed by atoms with E-state index in [1.807, 2.05) is 6.20 Å². The molecule has 0 bridgehead atoms. The number of rotatable bonds is 7. The van der Waals surface area contributed by atoms with Crippen LogP contribution in [0.2, 0.25) is 0 Å². The largest absolute Gasteiger partial charge is 0.373 e. The Labute approximate surface area is 123 Å². The Balaban J connectivity index is 1.91. The smallest absolute Gasteiger partial charge is 0.0562 e. The second-order valence-corrected chi connectivity index (χ2v) is 5.84. The summed E-state index contributed by atoms with van der Waals surface area (Å²) in [5, 5.41) is 3.41. The van der Waals surface area contributed by atoms with Crippen molar-refractivity contribution in [3.8, 4) is 0 Å². The number of aromatic nitrogens is 1. The van der Waals surface area contributed by atoms with Crippen molar-refractivity contribution in [2.45, 2.75) is 38.8 Å². The van der Waals surface area contributed by atoms with Crippen molar-refractivity contribution < 1.29 is 0 Å². The highest BCUT2D eigenvalue weighted by Gasteiger charge is 2.22. The third-order valence-corrected chi connectivity index (χ3v) is 4.13. The number of nitrogens with zero attached hydrogens (tertiary/aromatic N) is 3. The molecule has 1 atom stereocenters. The van der Waals surface area contributed by atoms with Gasteiger partial charge in [-0.25, -0.2) is 0 Å². The Kier molecular flexibility index (Phi) is 5.80. The first kappa shape index (κ1) is 15.3. The average molecular weight is 276 g/mol. The highest BCUT2D eigenvalue weighted by molar-refractivity contribution is 5.45. The van der Waals surface area contributed by atoms with Crippen LogP contribution in [0.3, 0.4) is 0 Å². The Morgan fingerprint density at radius 1 is 1.50 bits per heavy atom. The fourth-order valence-corrected chi connectivity index (χ4v) is 2.82. The van der Waals surface area contributed by atoms with Gasteiger partial charge in [0, 0.05) is 38.1 Å². The summed E-state index contributed by atoms with van der Waals surface area (Å²) < 4.78 is 0. The number of anilines is 1. The average Bonchev–Trinajstić information content (AvgIpc) is 2.85. The van der Waals surface area contributed by atoms with Crippen LogP contribution in [-0.2, 0) is 6.54 Å². The summed E-state index contributed by atoms with van der Waals surface area (Å²) in [7, 11) is 4.42. The van der Waals surface area contributed by atoms with Crippen molar-refractivity contribution >= 4 is 5.69 Å². The Hall–Kier alpha value is -1.13. The molecule has 0 aliphatic carbocycles. The molecule has 0 saturated carbocycles. The summed E-state index contributed by atoms with van der Waals surface area (Å²) in [4.78, 5) is 9.27. The molecule has 1 aromatic heterocycles. The van der Waals surface area contributed by atoms with Crippen molar-refractivity contribution in [2.24, 2.45) is 0 Å². The number of pyridine rings is 1. The molecule has 1 N–H and O–H groups in total. The molecular formula is C16H28N4. The molecule has 112 valence electrons. The van der Waals surface area contributed by atoms with Crippen LogP contribution < -0.4 is 10.2 Å². The maximum Gasteiger partial charge on any atom is 0.0562 e. The van der Waals surface area contributed by atoms with E-state index in [1.54, 1.807) is 0 Å². The zero-order valence-electron chi connectivity index (χ0n) is 13.1. The van der Waals surface area contributed by atoms with Crippen LogP contribution in [0.25, 0.3) is 0 Å². The number of hydrogen-bond acceptors (Lipinski definition) is 4. The van der Waals surface area contributed by atoms with E-state index in [0.717, 1.165) is 31.7 Å². The fourth-order valence-electron chi connectivity index (χ4n) is 2.82. The molecular weight excluding hydrogens is 248 g/mol. The molecule has 4 heteroatoms. The van der Waals surface area contributed by atoms with Crippen LogP contribution in [-0.4, -0.2) is 49.7 Å². The number of nitrogens with one attached hydrogen (secondary N) is 1. The molecule has 0 spiro atoms. The van der Waals surface area contributed by atoms with Crippen LogP contribution in [0.1, 0.15) is 31.9 Å². The summed E-state index contributed by atoms with van der Waals surface area (Å²) in [5.74, 6) is 0. The third-order valence-electron chi connectivity index (χ3n) is 4.13. The van der Waals surface area contributed by atoms with E-state index >= 15 is 0 Å². The molecule has 1 unspecified atom stereocenters. The van der Waals surface area contributed by atoms with Crippen LogP contribution >= 0.6 is 0 Å². The van der Waals surface area contributed by atoms with E-state index in [9.17, 15) is 0 Å². The van der Waals surface area contributed by atoms with Crippen molar-refractivity contribution in [1.82, 2.24) is 15.2 Å². The molecule has 20 heavy (non-hydrogen) atoms. The molecule has 2 rings (SSSR count). The summed E-state index contributed by atoms with van der Waals surface area (Å²) >= 11 is 0. The van der Waals surface area contributed by atoms with Gasteiger partial charge in [0.1, 0.15) is 0 Å². The highest BCUT2D eigenvalue weighted by atomic mass is 15.2. The van der Waals surface area contributed by atoms with Crippen molar-refractivity contribution in [3.05, 3.63) is 24.0 Å². The molecule has 1 saturated heterocycles. The van der Waals surface area contributed by atoms with Gasteiger partial charge in [-0.1, -0.05) is 6.92 Å². The van der Waals surface area contributed by atoms with Crippen LogP contribution in [0.5, 0.6) is 0 Å². The van der Waals surface area contributed by atoms with E-state index in [2.05, 4.69) is 53.3 Å². The molecule has 0 amide bonds. The van der Waals surface area contributed by atoms with Crippen molar-refractivity contribution in [1.29, 1.82) is 0 Å². The first-order valence-electron chi connectivity index (χ1n) is 7.77. The Bertz CT molecular complexity index is 407. The van der Waals surface area contributed by atoms with E-state index in [4.69, 9.17) is 0 Å². The molecule has 2 heterocycles. The Morgan fingerprint density at radius 3 is 3.05 bits per heavy atom. The molecule has 1 aliphatic rings. The Morgan fingerprint density at radius 2 is 2.35 bits per heavy atom. The van der Waals surface area contributed by atoms with Gasteiger partial charge in [-0.3, -0.25) is 4.98 Å². The highest BCUT2D eigenvalue weighted by Crippen LogP contribution is 2.19. The maximum atomic E-state index is 4.44. The van der Waals surface area contributed by atoms with E-state index in [-0.39, 0.29) is 0 Å². The molecule has 0 radical (unpaired) electrons. The number of likely N-dealkylation sites (N-methyl/N-ethyl adjacent to an activating group) is 2. The first-order valence-corrected chi connectivity index (χ1v) is 7.77. The van der Waals surface area contributed by atoms with Gasteiger partial charge in [0.2, 0.25) is 0 Å². The second kappa shape index (κ2) is 7.60. The minimum atomic E-state index is 0.690. The molecule has 4 nitrogen and oxygen atoms in total. The van der Waals surface area contributed by atoms with Gasteiger partial charge >= 0.3 is 0 Å². The van der Waals surface area contributed by atoms with Gasteiger partial charge in [0.25, 0.3) is 0 Å². The van der Waals surface area contributed by atoms with Crippen molar-refractivity contribution in [3.63, 3.8) is 0 Å². The van der Waals surface area contributed by atoms with E-state index in [1.165, 1.54) is 25.1 Å². The molecule has 1 fully saturated rings. The normalized spacial score (nSPS) is 19.4. The second-order valence-electron chi connectivity index (χ2n) is 5.84. The van der Waals surface area contributed by atoms with Gasteiger partial charge in [-0.2, -0.15) is 0 Å². The topological polar surface area (TPSA) is 31.4 Å². The number of hydrogen-bond donors (Lipinski definition) is 1. The number of likely N-dealkylation sites (tertiary alicyclic amines) is 1. The fraction of sp³-hybridized carbons (Fsp3) is 0.688. The SMILES string of the molecule is CCCNCc1cc(N(C)CC2CCCN2C)ccn1. The lowest BCUT2D eigenvalue weighted by molar-refractivity contribution is 0.314. The van der Waals surface area contributed by atoms with Gasteiger partial charge in [0.15, 0.2) is 0 Å². The van der Waals surface area contributed by atoms with Gasteiger partial charge in [-0.05, 0) is 51.5 Å². The zero-order chi connectivity index (χ0) is 14.4. The van der Waals surface area contributed by atoms with E-state index in [0.29, 0.717) is 6.04 Å². The van der Waals surface area contributed by atoms with Gasteiger partial charge in [-0.15, -0.1) is 0 Å². The van der Waals surface area contributed by atoms with Crippen LogP contribution in [0.15, 0.2) is 18.3 Å². The van der Waals surface area contributed by atoms with Crippen molar-refractivity contribution in [2.75, 3.05) is 38.6 Å². The van der Waals surface area contributed by atoms with Crippen LogP contribution in [0, 0.1) is 0 Å². The minimum Gasteiger partial charge on any atom is -0.373 e. The lowest BCUT2D eigenvalue weighted by Crippen LogP contribution is -2.36. The monoisotopic (exact) mass is 276 g/mol. The third kappa shape index (κ3) is 4.18. The molecule has 1 aliphatic heterocycles. The zero-order valence-corrected chi connectivity index (χ0v) is 13.1. The lowest BCUT2D eigenvalue weighted by Gasteiger charge is -2.27. The van der Waals surface area contributed by atoms with Gasteiger partial charge in [0.05, 0.1) is 5.69 Å². The summed E-state index contributed by atoms with van der Waals surface area (Å²) in [5.41, 5.74) is 2.40. The summed E-state index contributed by atoms with van der Waals surface area (Å²) in [6.45, 7) is 6.43. The lowest BCUT2D eigenvalue weighted by atomic mass is 10.2. The predicted molar refractivity (Wildman–Crippen MR) is 85.2 cm³/mol. The quantitative estimate of drug-likeness (QED) is 0.773. The molecule has 0 aromatic carbocycles. The first-order chi connectivity index (χ1) is 9.70. The summed E-state index contributed by atoms with van der Waals surface area (Å²) in [6, 6.07) is 5.01. The van der Waals surface area contributed by atoms with Crippen LogP contribution in [0.4, 0.5) is 5.69 Å². The standard InChI is InChI=1S/C16H28N4/c1-4-8-17-12-14-11-15(7-9-18-14)20(3)13-16-6-5-10-19(16)2/h7,9,11,16-17H,4-6,8,10,12-13H2,1-3H3. The maximum absolute atomic E-state index is 4.44. The minimum absolute atomic E-state index is 0.690. The predicted octanol–water partition coefficient (Wildman–Crippen LogP) is 2.11. The van der Waals surface area contributed by atoms with E-state index < -0.39 is 0 Å². The molecule has 1 aromatic rings. The van der Waals surface area contributed by atoms with Gasteiger partial charge < -0.3 is 15.1 Å². The summed E-state index contributed by atoms with van der Waals surface area (Å²) in [6.07, 6.45) is 5.73.